The first kappa shape index (κ1) is 29.0. The van der Waals surface area contributed by atoms with Crippen LogP contribution in [0.5, 0.6) is 11.9 Å². The highest BCUT2D eigenvalue weighted by atomic mass is 19.1. The molecule has 0 spiro atoms. The van der Waals surface area contributed by atoms with Gasteiger partial charge in [0.25, 0.3) is 0 Å². The van der Waals surface area contributed by atoms with Gasteiger partial charge in [0.2, 0.25) is 17.7 Å². The van der Waals surface area contributed by atoms with Gasteiger partial charge in [-0.15, -0.1) is 0 Å². The van der Waals surface area contributed by atoms with Crippen molar-refractivity contribution < 1.29 is 33.0 Å². The number of ether oxygens (including phenoxy) is 3. The van der Waals surface area contributed by atoms with E-state index in [1.165, 1.54) is 38.2 Å². The van der Waals surface area contributed by atoms with Crippen molar-refractivity contribution in [2.45, 2.75) is 26.5 Å². The fourth-order valence-corrected chi connectivity index (χ4v) is 4.18. The number of aryl methyl sites for hydroxylation is 1. The largest absolute Gasteiger partial charge is 0.480 e. The minimum absolute atomic E-state index is 0.171. The number of hydrogen-bond donors (Lipinski definition) is 2. The standard InChI is InChI=1S/C29H30FN5O6/c1-17-23(27(39-3)34-28(33-17)40-4)11-12-26(37)32-14-19-5-7-20(8-6-19)24-10-9-21(13-25(24)30)35-16-22(41-29(35)38)15-31-18(2)36/h5-13,22H,14-16H2,1-4H3,(H,31,36)(H,32,37)/t22-/m0/s1. The smallest absolute Gasteiger partial charge is 0.414 e. The van der Waals surface area contributed by atoms with E-state index in [2.05, 4.69) is 20.6 Å². The Morgan fingerprint density at radius 1 is 1.12 bits per heavy atom. The predicted molar refractivity (Wildman–Crippen MR) is 149 cm³/mol. The highest BCUT2D eigenvalue weighted by Gasteiger charge is 2.32. The number of nitrogens with zero attached hydrogens (tertiary/aromatic N) is 3. The third kappa shape index (κ3) is 7.15. The average Bonchev–Trinajstić information content (AvgIpc) is 3.34. The van der Waals surface area contributed by atoms with Gasteiger partial charge in [-0.1, -0.05) is 24.3 Å². The van der Waals surface area contributed by atoms with Crippen molar-refractivity contribution in [3.63, 3.8) is 0 Å². The summed E-state index contributed by atoms with van der Waals surface area (Å²) in [5.41, 5.74) is 3.34. The highest BCUT2D eigenvalue weighted by molar-refractivity contribution is 5.92. The maximum Gasteiger partial charge on any atom is 0.414 e. The van der Waals surface area contributed by atoms with Crippen LogP contribution < -0.4 is 25.0 Å². The van der Waals surface area contributed by atoms with Crippen molar-refractivity contribution in [2.75, 3.05) is 32.2 Å². The highest BCUT2D eigenvalue weighted by Crippen LogP contribution is 2.29. The predicted octanol–water partition coefficient (Wildman–Crippen LogP) is 3.40. The van der Waals surface area contributed by atoms with Crippen LogP contribution in [0.4, 0.5) is 14.9 Å². The summed E-state index contributed by atoms with van der Waals surface area (Å²) in [7, 11) is 2.93. The monoisotopic (exact) mass is 563 g/mol. The van der Waals surface area contributed by atoms with E-state index in [0.717, 1.165) is 5.56 Å². The maximum absolute atomic E-state index is 15.0. The minimum Gasteiger partial charge on any atom is -0.480 e. The first-order valence-electron chi connectivity index (χ1n) is 12.7. The molecule has 0 aliphatic carbocycles. The first-order chi connectivity index (χ1) is 19.7. The zero-order chi connectivity index (χ0) is 29.5. The van der Waals surface area contributed by atoms with Gasteiger partial charge >= 0.3 is 12.1 Å². The van der Waals surface area contributed by atoms with E-state index in [4.69, 9.17) is 14.2 Å². The zero-order valence-corrected chi connectivity index (χ0v) is 23.1. The van der Waals surface area contributed by atoms with Crippen molar-refractivity contribution in [1.82, 2.24) is 20.6 Å². The van der Waals surface area contributed by atoms with Gasteiger partial charge in [-0.3, -0.25) is 14.5 Å². The molecule has 1 aliphatic heterocycles. The topological polar surface area (TPSA) is 132 Å². The normalized spacial score (nSPS) is 14.6. The second kappa shape index (κ2) is 12.9. The quantitative estimate of drug-likeness (QED) is 0.359. The number of methoxy groups -OCH3 is 2. The summed E-state index contributed by atoms with van der Waals surface area (Å²) in [5.74, 6) is -0.759. The Morgan fingerprint density at radius 2 is 1.88 bits per heavy atom. The van der Waals surface area contributed by atoms with Crippen molar-refractivity contribution in [3.05, 3.63) is 71.2 Å². The lowest BCUT2D eigenvalue weighted by Crippen LogP contribution is -2.33. The van der Waals surface area contributed by atoms with Crippen molar-refractivity contribution in [3.8, 4) is 23.0 Å². The van der Waals surface area contributed by atoms with Gasteiger partial charge in [0.1, 0.15) is 11.9 Å². The van der Waals surface area contributed by atoms with Gasteiger partial charge in [0, 0.05) is 25.1 Å². The Hall–Kier alpha value is -5.00. The molecule has 11 nitrogen and oxygen atoms in total. The van der Waals surface area contributed by atoms with Gasteiger partial charge < -0.3 is 24.8 Å². The molecule has 2 aromatic carbocycles. The van der Waals surface area contributed by atoms with Crippen LogP contribution in [0.15, 0.2) is 48.5 Å². The SMILES string of the molecule is COc1nc(C)c(C=CC(=O)NCc2ccc(-c3ccc(N4C[C@H](CNC(C)=O)OC4=O)cc3F)cc2)c(OC)n1. The van der Waals surface area contributed by atoms with E-state index in [1.807, 2.05) is 0 Å². The summed E-state index contributed by atoms with van der Waals surface area (Å²) in [6.07, 6.45) is 1.83. The summed E-state index contributed by atoms with van der Waals surface area (Å²) in [6, 6.07) is 11.8. The molecule has 1 aromatic heterocycles. The average molecular weight is 564 g/mol. The van der Waals surface area contributed by atoms with Crippen LogP contribution >= 0.6 is 0 Å². The van der Waals surface area contributed by atoms with Gasteiger partial charge in [-0.2, -0.15) is 9.97 Å². The molecule has 1 fully saturated rings. The van der Waals surface area contributed by atoms with E-state index < -0.39 is 18.0 Å². The molecule has 214 valence electrons. The van der Waals surface area contributed by atoms with Gasteiger partial charge in [0.15, 0.2) is 0 Å². The molecule has 0 unspecified atom stereocenters. The molecule has 1 saturated heterocycles. The van der Waals surface area contributed by atoms with Crippen LogP contribution in [0.1, 0.15) is 23.7 Å². The number of benzene rings is 2. The minimum atomic E-state index is -0.597. The number of carbonyl (C=O) groups excluding carboxylic acids is 3. The van der Waals surface area contributed by atoms with Gasteiger partial charge in [0.05, 0.1) is 44.3 Å². The third-order valence-corrected chi connectivity index (χ3v) is 6.31. The number of aromatic nitrogens is 2. The van der Waals surface area contributed by atoms with E-state index in [9.17, 15) is 14.4 Å². The van der Waals surface area contributed by atoms with Crippen LogP contribution in [0.2, 0.25) is 0 Å². The lowest BCUT2D eigenvalue weighted by Gasteiger charge is -2.15. The Kier molecular flexibility index (Phi) is 9.12. The fourth-order valence-electron chi connectivity index (χ4n) is 4.18. The second-order valence-corrected chi connectivity index (χ2v) is 9.18. The summed E-state index contributed by atoms with van der Waals surface area (Å²) in [4.78, 5) is 45.4. The molecule has 3 amide bonds. The number of cyclic esters (lactones) is 1. The molecule has 2 N–H and O–H groups in total. The number of amides is 3. The molecule has 4 rings (SSSR count). The number of rotatable bonds is 10. The second-order valence-electron chi connectivity index (χ2n) is 9.18. The lowest BCUT2D eigenvalue weighted by atomic mass is 10.0. The molecule has 0 radical (unpaired) electrons. The number of carbonyl (C=O) groups is 3. The summed E-state index contributed by atoms with van der Waals surface area (Å²) < 4.78 is 30.6. The van der Waals surface area contributed by atoms with Crippen molar-refractivity contribution in [1.29, 1.82) is 0 Å². The molecule has 2 heterocycles. The maximum atomic E-state index is 15.0. The molecule has 41 heavy (non-hydrogen) atoms. The van der Waals surface area contributed by atoms with Crippen LogP contribution in [-0.2, 0) is 20.9 Å². The van der Waals surface area contributed by atoms with Crippen molar-refractivity contribution >= 4 is 29.7 Å². The van der Waals surface area contributed by atoms with Crippen molar-refractivity contribution in [2.24, 2.45) is 0 Å². The summed E-state index contributed by atoms with van der Waals surface area (Å²) in [5, 5.41) is 5.41. The third-order valence-electron chi connectivity index (χ3n) is 6.31. The number of anilines is 1. The molecule has 0 bridgehead atoms. The van der Waals surface area contributed by atoms with E-state index in [0.29, 0.717) is 34.0 Å². The summed E-state index contributed by atoms with van der Waals surface area (Å²) >= 11 is 0. The van der Waals surface area contributed by atoms with Gasteiger partial charge in [-0.05, 0) is 42.3 Å². The number of nitrogens with one attached hydrogen (secondary N) is 2. The zero-order valence-electron chi connectivity index (χ0n) is 23.1. The molecule has 1 aliphatic rings. The van der Waals surface area contributed by atoms with E-state index >= 15 is 4.39 Å². The molecule has 1 atom stereocenters. The summed E-state index contributed by atoms with van der Waals surface area (Å²) in [6.45, 7) is 3.79. The molecule has 0 saturated carbocycles. The van der Waals surface area contributed by atoms with E-state index in [1.54, 1.807) is 49.4 Å². The Labute approximate surface area is 236 Å². The fraction of sp³-hybridized carbons (Fsp3) is 0.276. The Bertz CT molecular complexity index is 1480. The number of hydrogen-bond acceptors (Lipinski definition) is 8. The Morgan fingerprint density at radius 3 is 2.54 bits per heavy atom. The van der Waals surface area contributed by atoms with Crippen LogP contribution in [0.25, 0.3) is 17.2 Å². The molecule has 12 heteroatoms. The molecular formula is C29H30FN5O6. The van der Waals surface area contributed by atoms with Crippen LogP contribution in [0, 0.1) is 12.7 Å². The molecule has 3 aromatic rings. The Balaban J connectivity index is 1.36. The van der Waals surface area contributed by atoms with E-state index in [-0.39, 0.29) is 37.5 Å². The molecular weight excluding hydrogens is 533 g/mol. The van der Waals surface area contributed by atoms with Crippen LogP contribution in [-0.4, -0.2) is 61.3 Å². The first-order valence-corrected chi connectivity index (χ1v) is 12.7. The number of halogens is 1. The van der Waals surface area contributed by atoms with Gasteiger partial charge in [-0.25, -0.2) is 9.18 Å². The lowest BCUT2D eigenvalue weighted by molar-refractivity contribution is -0.119. The van der Waals surface area contributed by atoms with Crippen LogP contribution in [0.3, 0.4) is 0 Å².